The average Bonchev–Trinajstić information content (AvgIpc) is 2.76. The third-order valence-corrected chi connectivity index (χ3v) is 4.59. The maximum Gasteiger partial charge on any atom is 0.0741 e. The first-order valence-electron chi connectivity index (χ1n) is 7.61. The van der Waals surface area contributed by atoms with Crippen LogP contribution < -0.4 is 5.32 Å². The van der Waals surface area contributed by atoms with Crippen LogP contribution in [0, 0.1) is 6.92 Å². The number of hydrogen-bond acceptors (Lipinski definition) is 4. The van der Waals surface area contributed by atoms with Crippen molar-refractivity contribution in [3.8, 4) is 0 Å². The van der Waals surface area contributed by atoms with Crippen LogP contribution in [0.5, 0.6) is 0 Å². The SMILES string of the molecule is Cc1nn(C)cc1CNC1CCOC2(CCOCC2)C1. The van der Waals surface area contributed by atoms with E-state index in [1.807, 2.05) is 11.7 Å². The lowest BCUT2D eigenvalue weighted by atomic mass is 9.84. The molecule has 112 valence electrons. The molecule has 1 atom stereocenters. The fraction of sp³-hybridized carbons (Fsp3) is 0.800. The van der Waals surface area contributed by atoms with Gasteiger partial charge in [0, 0.05) is 51.2 Å². The molecule has 0 aromatic carbocycles. The second-order valence-electron chi connectivity index (χ2n) is 6.13. The van der Waals surface area contributed by atoms with Gasteiger partial charge in [0.05, 0.1) is 11.3 Å². The minimum Gasteiger partial charge on any atom is -0.381 e. The predicted molar refractivity (Wildman–Crippen MR) is 76.5 cm³/mol. The van der Waals surface area contributed by atoms with Crippen molar-refractivity contribution in [2.45, 2.75) is 50.8 Å². The molecule has 1 N–H and O–H groups in total. The van der Waals surface area contributed by atoms with E-state index in [1.54, 1.807) is 0 Å². The Morgan fingerprint density at radius 1 is 1.40 bits per heavy atom. The molecular formula is C15H25N3O2. The third-order valence-electron chi connectivity index (χ3n) is 4.59. The van der Waals surface area contributed by atoms with Crippen LogP contribution in [0.25, 0.3) is 0 Å². The Morgan fingerprint density at radius 3 is 2.90 bits per heavy atom. The van der Waals surface area contributed by atoms with Gasteiger partial charge >= 0.3 is 0 Å². The number of nitrogens with zero attached hydrogens (tertiary/aromatic N) is 2. The molecular weight excluding hydrogens is 254 g/mol. The van der Waals surface area contributed by atoms with Crippen molar-refractivity contribution in [3.63, 3.8) is 0 Å². The van der Waals surface area contributed by atoms with Crippen LogP contribution in [0.4, 0.5) is 0 Å². The zero-order valence-corrected chi connectivity index (χ0v) is 12.5. The Morgan fingerprint density at radius 2 is 2.20 bits per heavy atom. The Hall–Kier alpha value is -0.910. The molecule has 5 nitrogen and oxygen atoms in total. The summed E-state index contributed by atoms with van der Waals surface area (Å²) < 4.78 is 13.4. The molecule has 0 amide bonds. The fourth-order valence-corrected chi connectivity index (χ4v) is 3.37. The standard InChI is InChI=1S/C15H25N3O2/c1-12-13(11-18(2)17-12)10-16-14-3-6-20-15(9-14)4-7-19-8-5-15/h11,14,16H,3-10H2,1-2H3. The van der Waals surface area contributed by atoms with Crippen LogP contribution >= 0.6 is 0 Å². The van der Waals surface area contributed by atoms with E-state index >= 15 is 0 Å². The van der Waals surface area contributed by atoms with Gasteiger partial charge in [-0.25, -0.2) is 0 Å². The summed E-state index contributed by atoms with van der Waals surface area (Å²) >= 11 is 0. The molecule has 3 rings (SSSR count). The molecule has 2 aliphatic heterocycles. The first-order valence-corrected chi connectivity index (χ1v) is 7.61. The lowest BCUT2D eigenvalue weighted by molar-refractivity contribution is -0.140. The molecule has 20 heavy (non-hydrogen) atoms. The monoisotopic (exact) mass is 279 g/mol. The highest BCUT2D eigenvalue weighted by molar-refractivity contribution is 5.15. The highest BCUT2D eigenvalue weighted by atomic mass is 16.5. The van der Waals surface area contributed by atoms with Gasteiger partial charge in [0.2, 0.25) is 0 Å². The molecule has 0 radical (unpaired) electrons. The van der Waals surface area contributed by atoms with Gasteiger partial charge in [0.1, 0.15) is 0 Å². The molecule has 2 fully saturated rings. The second kappa shape index (κ2) is 5.84. The predicted octanol–water partition coefficient (Wildman–Crippen LogP) is 1.55. The summed E-state index contributed by atoms with van der Waals surface area (Å²) in [7, 11) is 1.97. The maximum atomic E-state index is 6.08. The summed E-state index contributed by atoms with van der Waals surface area (Å²) in [6, 6.07) is 0.543. The van der Waals surface area contributed by atoms with Gasteiger partial charge in [-0.15, -0.1) is 0 Å². The van der Waals surface area contributed by atoms with E-state index in [4.69, 9.17) is 9.47 Å². The molecule has 0 aliphatic carbocycles. The minimum absolute atomic E-state index is 0.0676. The van der Waals surface area contributed by atoms with Gasteiger partial charge in [0.15, 0.2) is 0 Å². The van der Waals surface area contributed by atoms with Crippen LogP contribution in [0.2, 0.25) is 0 Å². The number of ether oxygens (including phenoxy) is 2. The summed E-state index contributed by atoms with van der Waals surface area (Å²) in [5, 5.41) is 8.08. The van der Waals surface area contributed by atoms with Gasteiger partial charge in [-0.05, 0) is 32.6 Å². The molecule has 5 heteroatoms. The van der Waals surface area contributed by atoms with E-state index in [0.29, 0.717) is 6.04 Å². The average molecular weight is 279 g/mol. The molecule has 1 unspecified atom stereocenters. The van der Waals surface area contributed by atoms with Crippen molar-refractivity contribution in [3.05, 3.63) is 17.5 Å². The molecule has 1 spiro atoms. The largest absolute Gasteiger partial charge is 0.381 e. The van der Waals surface area contributed by atoms with Gasteiger partial charge in [0.25, 0.3) is 0 Å². The number of aryl methyl sites for hydroxylation is 2. The molecule has 0 saturated carbocycles. The van der Waals surface area contributed by atoms with Gasteiger partial charge in [-0.1, -0.05) is 0 Å². The van der Waals surface area contributed by atoms with Crippen LogP contribution in [0.3, 0.4) is 0 Å². The zero-order valence-electron chi connectivity index (χ0n) is 12.5. The maximum absolute atomic E-state index is 6.08. The Bertz CT molecular complexity index is 446. The van der Waals surface area contributed by atoms with Crippen LogP contribution in [-0.4, -0.2) is 41.2 Å². The molecule has 0 bridgehead atoms. The van der Waals surface area contributed by atoms with Gasteiger partial charge in [-0.3, -0.25) is 4.68 Å². The second-order valence-corrected chi connectivity index (χ2v) is 6.13. The molecule has 3 heterocycles. The van der Waals surface area contributed by atoms with Crippen molar-refractivity contribution in [2.24, 2.45) is 7.05 Å². The smallest absolute Gasteiger partial charge is 0.0741 e. The van der Waals surface area contributed by atoms with Crippen molar-refractivity contribution in [1.29, 1.82) is 0 Å². The zero-order chi connectivity index (χ0) is 14.0. The summed E-state index contributed by atoms with van der Waals surface area (Å²) in [6.45, 7) is 5.52. The Kier molecular flexibility index (Phi) is 4.10. The van der Waals surface area contributed by atoms with Crippen LogP contribution in [0.1, 0.15) is 36.9 Å². The summed E-state index contributed by atoms with van der Waals surface area (Å²) in [4.78, 5) is 0. The molecule has 1 aromatic rings. The molecule has 1 aromatic heterocycles. The van der Waals surface area contributed by atoms with Crippen LogP contribution in [0.15, 0.2) is 6.20 Å². The number of rotatable bonds is 3. The number of nitrogens with one attached hydrogen (secondary N) is 1. The lowest BCUT2D eigenvalue weighted by Crippen LogP contribution is -2.49. The van der Waals surface area contributed by atoms with Crippen LogP contribution in [-0.2, 0) is 23.1 Å². The van der Waals surface area contributed by atoms with E-state index in [2.05, 4.69) is 23.5 Å². The van der Waals surface area contributed by atoms with E-state index in [1.165, 1.54) is 5.56 Å². The van der Waals surface area contributed by atoms with Crippen molar-refractivity contribution in [2.75, 3.05) is 19.8 Å². The first kappa shape index (κ1) is 14.0. The summed E-state index contributed by atoms with van der Waals surface area (Å²) in [5.41, 5.74) is 2.48. The fourth-order valence-electron chi connectivity index (χ4n) is 3.37. The highest BCUT2D eigenvalue weighted by Gasteiger charge is 2.38. The van der Waals surface area contributed by atoms with Crippen molar-refractivity contribution < 1.29 is 9.47 Å². The number of aromatic nitrogens is 2. The summed E-state index contributed by atoms with van der Waals surface area (Å²) in [6.07, 6.45) is 6.39. The quantitative estimate of drug-likeness (QED) is 0.912. The van der Waals surface area contributed by atoms with Crippen molar-refractivity contribution >= 4 is 0 Å². The molecule has 2 saturated heterocycles. The normalized spacial score (nSPS) is 26.0. The minimum atomic E-state index is 0.0676. The third kappa shape index (κ3) is 3.05. The first-order chi connectivity index (χ1) is 9.67. The number of hydrogen-bond donors (Lipinski definition) is 1. The lowest BCUT2D eigenvalue weighted by Gasteiger charge is -2.43. The van der Waals surface area contributed by atoms with Gasteiger partial charge < -0.3 is 14.8 Å². The Labute approximate surface area is 120 Å². The van der Waals surface area contributed by atoms with Gasteiger partial charge in [-0.2, -0.15) is 5.10 Å². The van der Waals surface area contributed by atoms with E-state index in [9.17, 15) is 0 Å². The highest BCUT2D eigenvalue weighted by Crippen LogP contribution is 2.34. The van der Waals surface area contributed by atoms with E-state index in [-0.39, 0.29) is 5.60 Å². The van der Waals surface area contributed by atoms with E-state index < -0.39 is 0 Å². The molecule has 2 aliphatic rings. The summed E-state index contributed by atoms with van der Waals surface area (Å²) in [5.74, 6) is 0. The van der Waals surface area contributed by atoms with Crippen molar-refractivity contribution in [1.82, 2.24) is 15.1 Å². The van der Waals surface area contributed by atoms with E-state index in [0.717, 1.165) is 57.7 Å². The topological polar surface area (TPSA) is 48.3 Å². The Balaban J connectivity index is 1.56.